The Morgan fingerprint density at radius 1 is 1.12 bits per heavy atom. The molecule has 2 heterocycles. The van der Waals surface area contributed by atoms with Gasteiger partial charge in [-0.25, -0.2) is 9.78 Å². The summed E-state index contributed by atoms with van der Waals surface area (Å²) in [6.45, 7) is 11.5. The molecule has 0 radical (unpaired) electrons. The van der Waals surface area contributed by atoms with Gasteiger partial charge in [0.25, 0.3) is 0 Å². The summed E-state index contributed by atoms with van der Waals surface area (Å²) in [4.78, 5) is 20.8. The highest BCUT2D eigenvalue weighted by molar-refractivity contribution is 5.87. The first-order valence-electron chi connectivity index (χ1n) is 10.3. The summed E-state index contributed by atoms with van der Waals surface area (Å²) >= 11 is 0. The van der Waals surface area contributed by atoms with E-state index in [9.17, 15) is 18.0 Å². The molecule has 174 valence electrons. The number of benzene rings is 1. The van der Waals surface area contributed by atoms with Crippen molar-refractivity contribution in [2.24, 2.45) is 0 Å². The number of nitrogens with zero attached hydrogens (tertiary/aromatic N) is 3. The van der Waals surface area contributed by atoms with Crippen molar-refractivity contribution < 1.29 is 27.4 Å². The molecule has 3 rings (SSSR count). The van der Waals surface area contributed by atoms with Crippen LogP contribution in [0.4, 0.5) is 18.9 Å². The maximum Gasteiger partial charge on any atom is 0.573 e. The van der Waals surface area contributed by atoms with E-state index in [0.717, 1.165) is 11.3 Å². The summed E-state index contributed by atoms with van der Waals surface area (Å²) in [5, 5.41) is 0. The zero-order chi connectivity index (χ0) is 23.7. The van der Waals surface area contributed by atoms with Crippen molar-refractivity contribution in [1.82, 2.24) is 9.88 Å². The summed E-state index contributed by atoms with van der Waals surface area (Å²) in [6, 6.07) is 9.45. The minimum atomic E-state index is -4.71. The van der Waals surface area contributed by atoms with E-state index in [1.807, 2.05) is 6.07 Å². The average molecular weight is 451 g/mol. The Labute approximate surface area is 185 Å². The molecular weight excluding hydrogens is 423 g/mol. The molecule has 1 aromatic heterocycles. The quantitative estimate of drug-likeness (QED) is 0.597. The van der Waals surface area contributed by atoms with Crippen molar-refractivity contribution in [3.05, 3.63) is 53.9 Å². The van der Waals surface area contributed by atoms with E-state index in [1.54, 1.807) is 45.2 Å². The van der Waals surface area contributed by atoms with Gasteiger partial charge < -0.3 is 14.4 Å². The van der Waals surface area contributed by atoms with Crippen LogP contribution in [-0.2, 0) is 11.3 Å². The fourth-order valence-electron chi connectivity index (χ4n) is 3.55. The second kappa shape index (κ2) is 8.61. The van der Waals surface area contributed by atoms with E-state index in [0.29, 0.717) is 19.8 Å². The second-order valence-electron chi connectivity index (χ2n) is 9.44. The van der Waals surface area contributed by atoms with Gasteiger partial charge in [-0.2, -0.15) is 0 Å². The van der Waals surface area contributed by atoms with Crippen LogP contribution in [0, 0.1) is 0 Å². The number of halogens is 3. The maximum atomic E-state index is 12.4. The minimum Gasteiger partial charge on any atom is -0.455 e. The Morgan fingerprint density at radius 3 is 2.38 bits per heavy atom. The highest BCUT2D eigenvalue weighted by Crippen LogP contribution is 2.32. The zero-order valence-electron chi connectivity index (χ0n) is 18.9. The highest BCUT2D eigenvalue weighted by atomic mass is 19.4. The number of hydrogen-bond donors (Lipinski definition) is 0. The van der Waals surface area contributed by atoms with Crippen LogP contribution in [0.25, 0.3) is 0 Å². The third-order valence-electron chi connectivity index (χ3n) is 5.02. The predicted octanol–water partition coefficient (Wildman–Crippen LogP) is 4.99. The van der Waals surface area contributed by atoms with E-state index in [4.69, 9.17) is 4.74 Å². The van der Waals surface area contributed by atoms with E-state index in [2.05, 4.69) is 33.4 Å². The Hall–Kier alpha value is -2.81. The van der Waals surface area contributed by atoms with Gasteiger partial charge in [-0.3, -0.25) is 4.90 Å². The lowest BCUT2D eigenvalue weighted by atomic mass is 10.0. The molecule has 2 aromatic rings. The number of ether oxygens (including phenoxy) is 2. The molecule has 0 saturated carbocycles. The van der Waals surface area contributed by atoms with Gasteiger partial charge in [0.15, 0.2) is 0 Å². The zero-order valence-corrected chi connectivity index (χ0v) is 18.9. The Balaban J connectivity index is 1.70. The number of pyridine rings is 1. The molecule has 0 bridgehead atoms. The standard InChI is InChI=1S/C23H28F3N3O3/c1-21(2,3)32-20(30)19-12-16(10-11-27-19)13-29-15-28(14-22(29,4)5)17-6-8-18(9-7-17)31-23(24,25)26/h6-12H,13-15H2,1-5H3. The maximum absolute atomic E-state index is 12.4. The largest absolute Gasteiger partial charge is 0.573 e. The van der Waals surface area contributed by atoms with Gasteiger partial charge in [-0.05, 0) is 76.6 Å². The molecule has 0 N–H and O–H groups in total. The Bertz CT molecular complexity index is 953. The van der Waals surface area contributed by atoms with Crippen LogP contribution in [0.2, 0.25) is 0 Å². The number of aromatic nitrogens is 1. The predicted molar refractivity (Wildman–Crippen MR) is 114 cm³/mol. The summed E-state index contributed by atoms with van der Waals surface area (Å²) in [7, 11) is 0. The van der Waals surface area contributed by atoms with Crippen LogP contribution < -0.4 is 9.64 Å². The summed E-state index contributed by atoms with van der Waals surface area (Å²) < 4.78 is 46.5. The van der Waals surface area contributed by atoms with Crippen LogP contribution in [0.5, 0.6) is 5.75 Å². The monoisotopic (exact) mass is 451 g/mol. The van der Waals surface area contributed by atoms with Crippen LogP contribution in [0.1, 0.15) is 50.7 Å². The number of esters is 1. The van der Waals surface area contributed by atoms with Crippen LogP contribution in [0.3, 0.4) is 0 Å². The van der Waals surface area contributed by atoms with Gasteiger partial charge in [-0.1, -0.05) is 0 Å². The van der Waals surface area contributed by atoms with E-state index in [1.165, 1.54) is 12.1 Å². The number of carbonyl (C=O) groups is 1. The van der Waals surface area contributed by atoms with E-state index in [-0.39, 0.29) is 17.0 Å². The lowest BCUT2D eigenvalue weighted by Gasteiger charge is -2.29. The third kappa shape index (κ3) is 6.35. The molecule has 0 unspecified atom stereocenters. The number of hydrogen-bond acceptors (Lipinski definition) is 6. The molecule has 1 fully saturated rings. The number of anilines is 1. The minimum absolute atomic E-state index is 0.198. The molecule has 1 saturated heterocycles. The average Bonchev–Trinajstić information content (AvgIpc) is 2.94. The van der Waals surface area contributed by atoms with Crippen molar-refractivity contribution in [2.75, 3.05) is 18.1 Å². The van der Waals surface area contributed by atoms with Crippen molar-refractivity contribution >= 4 is 11.7 Å². The van der Waals surface area contributed by atoms with Crippen LogP contribution in [0.15, 0.2) is 42.6 Å². The Morgan fingerprint density at radius 2 is 1.78 bits per heavy atom. The van der Waals surface area contributed by atoms with Crippen molar-refractivity contribution in [3.63, 3.8) is 0 Å². The molecule has 0 spiro atoms. The third-order valence-corrected chi connectivity index (χ3v) is 5.02. The normalized spacial score (nSPS) is 16.8. The number of rotatable bonds is 5. The smallest absolute Gasteiger partial charge is 0.455 e. The molecule has 0 atom stereocenters. The van der Waals surface area contributed by atoms with Gasteiger partial charge in [0.05, 0.1) is 6.67 Å². The van der Waals surface area contributed by atoms with E-state index >= 15 is 0 Å². The lowest BCUT2D eigenvalue weighted by molar-refractivity contribution is -0.274. The van der Waals surface area contributed by atoms with E-state index < -0.39 is 17.9 Å². The van der Waals surface area contributed by atoms with Gasteiger partial charge in [0.1, 0.15) is 17.0 Å². The first kappa shape index (κ1) is 23.8. The molecule has 1 aromatic carbocycles. The molecule has 6 nitrogen and oxygen atoms in total. The molecule has 32 heavy (non-hydrogen) atoms. The van der Waals surface area contributed by atoms with Gasteiger partial charge in [0, 0.05) is 30.5 Å². The molecule has 0 amide bonds. The van der Waals surface area contributed by atoms with Crippen LogP contribution in [-0.4, -0.2) is 46.6 Å². The SMILES string of the molecule is CC(C)(C)OC(=O)c1cc(CN2CN(c3ccc(OC(F)(F)F)cc3)CC2(C)C)ccn1. The molecule has 1 aliphatic heterocycles. The highest BCUT2D eigenvalue weighted by Gasteiger charge is 2.37. The lowest BCUT2D eigenvalue weighted by Crippen LogP contribution is -2.39. The second-order valence-corrected chi connectivity index (χ2v) is 9.44. The molecule has 9 heteroatoms. The van der Waals surface area contributed by atoms with Crippen molar-refractivity contribution in [3.8, 4) is 5.75 Å². The summed E-state index contributed by atoms with van der Waals surface area (Å²) in [6.07, 6.45) is -3.12. The van der Waals surface area contributed by atoms with Gasteiger partial charge in [-0.15, -0.1) is 13.2 Å². The Kier molecular flexibility index (Phi) is 6.42. The molecule has 0 aliphatic carbocycles. The summed E-state index contributed by atoms with van der Waals surface area (Å²) in [5.41, 5.74) is 1.18. The number of carbonyl (C=O) groups excluding carboxylic acids is 1. The van der Waals surface area contributed by atoms with Gasteiger partial charge in [0.2, 0.25) is 0 Å². The summed E-state index contributed by atoms with van der Waals surface area (Å²) in [5.74, 6) is -0.717. The molecule has 1 aliphatic rings. The first-order chi connectivity index (χ1) is 14.7. The van der Waals surface area contributed by atoms with Gasteiger partial charge >= 0.3 is 12.3 Å². The number of alkyl halides is 3. The first-order valence-corrected chi connectivity index (χ1v) is 10.3. The molecular formula is C23H28F3N3O3. The fourth-order valence-corrected chi connectivity index (χ4v) is 3.55. The fraction of sp³-hybridized carbons (Fsp3) is 0.478. The van der Waals surface area contributed by atoms with Crippen molar-refractivity contribution in [2.45, 2.75) is 58.7 Å². The topological polar surface area (TPSA) is 54.9 Å². The van der Waals surface area contributed by atoms with Crippen LogP contribution >= 0.6 is 0 Å². The van der Waals surface area contributed by atoms with Crippen molar-refractivity contribution in [1.29, 1.82) is 0 Å².